The quantitative estimate of drug-likeness (QED) is 0.757. The molecule has 5 nitrogen and oxygen atoms in total. The molecule has 0 aromatic carbocycles. The van der Waals surface area contributed by atoms with E-state index in [9.17, 15) is 9.59 Å². The number of fused-ring (bicyclic) bond motifs is 3. The maximum absolute atomic E-state index is 12.6. The molecule has 2 aromatic heterocycles. The number of carbonyl (C=O) groups excluding carboxylic acids is 1. The summed E-state index contributed by atoms with van der Waals surface area (Å²) < 4.78 is 0. The van der Waals surface area contributed by atoms with Crippen LogP contribution < -0.4 is 10.9 Å². The van der Waals surface area contributed by atoms with Crippen LogP contribution in [0.15, 0.2) is 4.79 Å². The van der Waals surface area contributed by atoms with Crippen LogP contribution in [0.1, 0.15) is 74.1 Å². The topological polar surface area (TPSA) is 74.8 Å². The summed E-state index contributed by atoms with van der Waals surface area (Å²) in [6, 6.07) is 0.333. The predicted molar refractivity (Wildman–Crippen MR) is 117 cm³/mol. The molecule has 4 rings (SSSR count). The fourth-order valence-electron chi connectivity index (χ4n) is 4.39. The number of hydrogen-bond acceptors (Lipinski definition) is 5. The van der Waals surface area contributed by atoms with Crippen LogP contribution in [0, 0.1) is 0 Å². The Bertz CT molecular complexity index is 882. The monoisotopic (exact) mass is 419 g/mol. The zero-order valence-electron chi connectivity index (χ0n) is 16.3. The fraction of sp³-hybridized carbons (Fsp3) is 0.667. The molecular weight excluding hydrogens is 390 g/mol. The third-order valence-corrected chi connectivity index (χ3v) is 7.95. The summed E-state index contributed by atoms with van der Waals surface area (Å²) >= 11 is 3.20. The minimum Gasteiger partial charge on any atom is -0.353 e. The van der Waals surface area contributed by atoms with Gasteiger partial charge in [0.15, 0.2) is 0 Å². The second kappa shape index (κ2) is 9.44. The lowest BCUT2D eigenvalue weighted by Crippen LogP contribution is -2.36. The summed E-state index contributed by atoms with van der Waals surface area (Å²) in [5.74, 6) is 1.76. The lowest BCUT2D eigenvalue weighted by atomic mass is 9.97. The molecule has 1 amide bonds. The van der Waals surface area contributed by atoms with Gasteiger partial charge in [-0.05, 0) is 44.1 Å². The molecule has 0 radical (unpaired) electrons. The molecule has 1 fully saturated rings. The molecule has 0 spiro atoms. The number of nitrogens with one attached hydrogen (secondary N) is 2. The normalized spacial score (nSPS) is 18.4. The Morgan fingerprint density at radius 1 is 1.11 bits per heavy atom. The number of aryl methyl sites for hydroxylation is 2. The van der Waals surface area contributed by atoms with Gasteiger partial charge >= 0.3 is 0 Å². The largest absolute Gasteiger partial charge is 0.353 e. The van der Waals surface area contributed by atoms with Crippen LogP contribution in [0.3, 0.4) is 0 Å². The molecule has 28 heavy (non-hydrogen) atoms. The number of carbonyl (C=O) groups is 1. The van der Waals surface area contributed by atoms with Crippen LogP contribution in [-0.2, 0) is 23.4 Å². The molecule has 2 N–H and O–H groups in total. The van der Waals surface area contributed by atoms with E-state index >= 15 is 0 Å². The number of nitrogens with zero attached hydrogens (tertiary/aromatic N) is 1. The standard InChI is InChI=1S/C21H29N3O2S2/c25-18(22-14-8-4-2-1-3-5-9-14)13-27-12-17-23-20(26)19-15-10-6-7-11-16(15)28-21(19)24-17/h14H,1-13H2,(H,22,25)(H,23,24,26). The third-order valence-electron chi connectivity index (χ3n) is 5.82. The van der Waals surface area contributed by atoms with E-state index in [0.29, 0.717) is 23.4 Å². The first kappa shape index (κ1) is 20.0. The number of H-pyrrole nitrogens is 1. The van der Waals surface area contributed by atoms with Crippen LogP contribution in [-0.4, -0.2) is 27.7 Å². The summed E-state index contributed by atoms with van der Waals surface area (Å²) in [7, 11) is 0. The maximum atomic E-state index is 12.6. The SMILES string of the molecule is O=C(CSCc1nc2sc3c(c2c(=O)[nH]1)CCCC3)NC1CCCCCCC1. The van der Waals surface area contributed by atoms with Gasteiger partial charge in [0, 0.05) is 10.9 Å². The average molecular weight is 420 g/mol. The second-order valence-electron chi connectivity index (χ2n) is 8.01. The van der Waals surface area contributed by atoms with Crippen molar-refractivity contribution in [3.8, 4) is 0 Å². The van der Waals surface area contributed by atoms with E-state index in [1.54, 1.807) is 11.3 Å². The fourth-order valence-corrected chi connectivity index (χ4v) is 6.37. The van der Waals surface area contributed by atoms with Crippen molar-refractivity contribution < 1.29 is 4.79 Å². The predicted octanol–water partition coefficient (Wildman–Crippen LogP) is 4.33. The Kier molecular flexibility index (Phi) is 6.73. The van der Waals surface area contributed by atoms with E-state index in [2.05, 4.69) is 15.3 Å². The summed E-state index contributed by atoms with van der Waals surface area (Å²) in [5, 5.41) is 4.00. The van der Waals surface area contributed by atoms with Crippen molar-refractivity contribution in [2.75, 3.05) is 5.75 Å². The Hall–Kier alpha value is -1.34. The molecule has 1 saturated carbocycles. The molecule has 2 aliphatic carbocycles. The molecule has 0 bridgehead atoms. The van der Waals surface area contributed by atoms with Gasteiger partial charge in [0.25, 0.3) is 5.56 Å². The van der Waals surface area contributed by atoms with Crippen molar-refractivity contribution >= 4 is 39.2 Å². The number of thiophene rings is 1. The minimum atomic E-state index is -0.0148. The van der Waals surface area contributed by atoms with E-state index < -0.39 is 0 Å². The number of amides is 1. The maximum Gasteiger partial charge on any atom is 0.259 e. The van der Waals surface area contributed by atoms with Gasteiger partial charge in [0.05, 0.1) is 16.9 Å². The number of hydrogen-bond donors (Lipinski definition) is 2. The van der Waals surface area contributed by atoms with E-state index in [4.69, 9.17) is 0 Å². The molecule has 0 atom stereocenters. The smallest absolute Gasteiger partial charge is 0.259 e. The first-order valence-corrected chi connectivity index (χ1v) is 12.6. The summed E-state index contributed by atoms with van der Waals surface area (Å²) in [6.07, 6.45) is 13.0. The van der Waals surface area contributed by atoms with E-state index in [1.807, 2.05) is 0 Å². The zero-order chi connectivity index (χ0) is 19.3. The van der Waals surface area contributed by atoms with Crippen molar-refractivity contribution in [2.24, 2.45) is 0 Å². The molecular formula is C21H29N3O2S2. The number of thioether (sulfide) groups is 1. The summed E-state index contributed by atoms with van der Waals surface area (Å²) in [5.41, 5.74) is 1.21. The highest BCUT2D eigenvalue weighted by atomic mass is 32.2. The van der Waals surface area contributed by atoms with Gasteiger partial charge < -0.3 is 10.3 Å². The molecule has 152 valence electrons. The Morgan fingerprint density at radius 2 is 1.86 bits per heavy atom. The number of aromatic nitrogens is 2. The Balaban J connectivity index is 1.32. The van der Waals surface area contributed by atoms with Crippen LogP contribution in [0.4, 0.5) is 0 Å². The Morgan fingerprint density at radius 3 is 2.68 bits per heavy atom. The van der Waals surface area contributed by atoms with Crippen LogP contribution in [0.5, 0.6) is 0 Å². The van der Waals surface area contributed by atoms with Gasteiger partial charge in [0.2, 0.25) is 5.91 Å². The third kappa shape index (κ3) is 4.79. The molecule has 2 aliphatic rings. The molecule has 2 aromatic rings. The summed E-state index contributed by atoms with van der Waals surface area (Å²) in [6.45, 7) is 0. The molecule has 7 heteroatoms. The van der Waals surface area contributed by atoms with Crippen molar-refractivity contribution in [2.45, 2.75) is 82.4 Å². The molecule has 2 heterocycles. The van der Waals surface area contributed by atoms with Crippen molar-refractivity contribution in [1.82, 2.24) is 15.3 Å². The first-order chi connectivity index (χ1) is 13.7. The first-order valence-electron chi connectivity index (χ1n) is 10.6. The minimum absolute atomic E-state index is 0.0148. The molecule has 0 unspecified atom stereocenters. The van der Waals surface area contributed by atoms with Gasteiger partial charge in [0.1, 0.15) is 10.7 Å². The van der Waals surface area contributed by atoms with E-state index in [1.165, 1.54) is 60.7 Å². The zero-order valence-corrected chi connectivity index (χ0v) is 18.0. The van der Waals surface area contributed by atoms with Crippen molar-refractivity contribution in [3.05, 3.63) is 26.6 Å². The summed E-state index contributed by atoms with van der Waals surface area (Å²) in [4.78, 5) is 34.7. The highest BCUT2D eigenvalue weighted by Gasteiger charge is 2.20. The number of rotatable bonds is 5. The van der Waals surface area contributed by atoms with Crippen LogP contribution in [0.2, 0.25) is 0 Å². The second-order valence-corrected chi connectivity index (χ2v) is 10.1. The van der Waals surface area contributed by atoms with Gasteiger partial charge in [-0.25, -0.2) is 4.98 Å². The van der Waals surface area contributed by atoms with Gasteiger partial charge in [-0.1, -0.05) is 32.1 Å². The lowest BCUT2D eigenvalue weighted by molar-refractivity contribution is -0.119. The number of aromatic amines is 1. The highest BCUT2D eigenvalue weighted by molar-refractivity contribution is 7.99. The molecule has 0 saturated heterocycles. The average Bonchev–Trinajstić information content (AvgIpc) is 3.02. The van der Waals surface area contributed by atoms with E-state index in [-0.39, 0.29) is 11.5 Å². The van der Waals surface area contributed by atoms with Gasteiger partial charge in [-0.2, -0.15) is 0 Å². The van der Waals surface area contributed by atoms with Crippen molar-refractivity contribution in [1.29, 1.82) is 0 Å². The van der Waals surface area contributed by atoms with E-state index in [0.717, 1.165) is 42.3 Å². The molecule has 0 aliphatic heterocycles. The van der Waals surface area contributed by atoms with Crippen LogP contribution >= 0.6 is 23.1 Å². The van der Waals surface area contributed by atoms with Gasteiger partial charge in [-0.15, -0.1) is 23.1 Å². The Labute approximate surface area is 174 Å². The van der Waals surface area contributed by atoms with Crippen LogP contribution in [0.25, 0.3) is 10.2 Å². The highest BCUT2D eigenvalue weighted by Crippen LogP contribution is 2.33. The van der Waals surface area contributed by atoms with Gasteiger partial charge in [-0.3, -0.25) is 9.59 Å². The lowest BCUT2D eigenvalue weighted by Gasteiger charge is -2.20. The van der Waals surface area contributed by atoms with Crippen molar-refractivity contribution in [3.63, 3.8) is 0 Å².